The molecule has 2 fully saturated rings. The van der Waals surface area contributed by atoms with Gasteiger partial charge in [0.25, 0.3) is 5.91 Å². The van der Waals surface area contributed by atoms with Crippen LogP contribution in [0, 0.1) is 18.8 Å². The Bertz CT molecular complexity index is 989. The first-order valence-electron chi connectivity index (χ1n) is 11.3. The van der Waals surface area contributed by atoms with Gasteiger partial charge < -0.3 is 9.64 Å². The van der Waals surface area contributed by atoms with Crippen molar-refractivity contribution in [2.75, 3.05) is 24.6 Å². The smallest absolute Gasteiger partial charge is 0.414 e. The first-order valence-corrected chi connectivity index (χ1v) is 11.3. The lowest BCUT2D eigenvalue weighted by Crippen LogP contribution is -2.40. The van der Waals surface area contributed by atoms with Gasteiger partial charge in [-0.2, -0.15) is 0 Å². The molecule has 0 spiro atoms. The van der Waals surface area contributed by atoms with Gasteiger partial charge in [0.2, 0.25) is 0 Å². The van der Waals surface area contributed by atoms with Crippen molar-refractivity contribution in [3.63, 3.8) is 0 Å². The summed E-state index contributed by atoms with van der Waals surface area (Å²) < 4.78 is 5.22. The van der Waals surface area contributed by atoms with Crippen molar-refractivity contribution in [3.05, 3.63) is 65.2 Å². The zero-order valence-electron chi connectivity index (χ0n) is 18.9. The molecular formula is C26H30N2O4. The molecule has 6 heteroatoms. The minimum Gasteiger partial charge on any atom is -0.447 e. The standard InChI is InChI=1S/C26H30N2O4/c1-17(2)23-16-32-26(31)28(23)22-10-8-21(9-11-22)25(30)27-14-12-20(13-15-27)24(29)19-6-4-18(3)5-7-19/h4-11,17,20,23H,12-16H2,1-3H3/t23-/m0/s1. The van der Waals surface area contributed by atoms with Crippen molar-refractivity contribution in [3.8, 4) is 0 Å². The molecular weight excluding hydrogens is 404 g/mol. The highest BCUT2D eigenvalue weighted by Gasteiger charge is 2.36. The maximum absolute atomic E-state index is 13.0. The molecule has 2 heterocycles. The van der Waals surface area contributed by atoms with Gasteiger partial charge >= 0.3 is 6.09 Å². The highest BCUT2D eigenvalue weighted by molar-refractivity contribution is 5.99. The quantitative estimate of drug-likeness (QED) is 0.639. The molecule has 2 aromatic carbocycles. The number of hydrogen-bond acceptors (Lipinski definition) is 4. The summed E-state index contributed by atoms with van der Waals surface area (Å²) in [5, 5.41) is 0. The topological polar surface area (TPSA) is 66.9 Å². The predicted molar refractivity (Wildman–Crippen MR) is 123 cm³/mol. The largest absolute Gasteiger partial charge is 0.447 e. The van der Waals surface area contributed by atoms with E-state index in [0.29, 0.717) is 38.1 Å². The van der Waals surface area contributed by atoms with Gasteiger partial charge in [-0.15, -0.1) is 0 Å². The molecule has 2 aliphatic heterocycles. The Labute approximate surface area is 189 Å². The second-order valence-electron chi connectivity index (χ2n) is 9.10. The van der Waals surface area contributed by atoms with Crippen LogP contribution in [0.5, 0.6) is 0 Å². The maximum atomic E-state index is 13.0. The number of likely N-dealkylation sites (tertiary alicyclic amines) is 1. The molecule has 0 N–H and O–H groups in total. The highest BCUT2D eigenvalue weighted by atomic mass is 16.6. The number of rotatable bonds is 5. The molecule has 4 rings (SSSR count). The molecule has 1 atom stereocenters. The van der Waals surface area contributed by atoms with Crippen LogP contribution >= 0.6 is 0 Å². The van der Waals surface area contributed by atoms with E-state index >= 15 is 0 Å². The van der Waals surface area contributed by atoms with E-state index in [2.05, 4.69) is 13.8 Å². The Hall–Kier alpha value is -3.15. The van der Waals surface area contributed by atoms with Crippen LogP contribution in [0.4, 0.5) is 10.5 Å². The zero-order chi connectivity index (χ0) is 22.8. The Morgan fingerprint density at radius 3 is 2.12 bits per heavy atom. The molecule has 0 aromatic heterocycles. The van der Waals surface area contributed by atoms with Crippen molar-refractivity contribution in [1.82, 2.24) is 4.90 Å². The molecule has 32 heavy (non-hydrogen) atoms. The van der Waals surface area contributed by atoms with Crippen LogP contribution in [0.3, 0.4) is 0 Å². The van der Waals surface area contributed by atoms with Crippen LogP contribution in [0.15, 0.2) is 48.5 Å². The minimum atomic E-state index is -0.344. The number of carbonyl (C=O) groups excluding carboxylic acids is 3. The number of benzene rings is 2. The number of ketones is 1. The molecule has 168 valence electrons. The van der Waals surface area contributed by atoms with Gasteiger partial charge in [0.1, 0.15) is 6.61 Å². The van der Waals surface area contributed by atoms with Crippen LogP contribution in [0.25, 0.3) is 0 Å². The van der Waals surface area contributed by atoms with Crippen molar-refractivity contribution in [2.24, 2.45) is 11.8 Å². The Morgan fingerprint density at radius 1 is 0.938 bits per heavy atom. The van der Waals surface area contributed by atoms with Crippen LogP contribution in [0.1, 0.15) is 53.0 Å². The first kappa shape index (κ1) is 22.1. The van der Waals surface area contributed by atoms with Crippen LogP contribution in [-0.4, -0.2) is 48.4 Å². The number of carbonyl (C=O) groups is 3. The average molecular weight is 435 g/mol. The summed E-state index contributed by atoms with van der Waals surface area (Å²) in [7, 11) is 0. The van der Waals surface area contributed by atoms with E-state index in [1.165, 1.54) is 0 Å². The number of amides is 2. The number of aryl methyl sites for hydroxylation is 1. The van der Waals surface area contributed by atoms with E-state index in [0.717, 1.165) is 16.8 Å². The summed E-state index contributed by atoms with van der Waals surface area (Å²) in [5.74, 6) is 0.353. The van der Waals surface area contributed by atoms with E-state index in [1.807, 2.05) is 48.2 Å². The molecule has 0 bridgehead atoms. The van der Waals surface area contributed by atoms with Crippen LogP contribution in [0.2, 0.25) is 0 Å². The number of ether oxygens (including phenoxy) is 1. The normalized spacial score (nSPS) is 19.4. The summed E-state index contributed by atoms with van der Waals surface area (Å²) in [6, 6.07) is 14.8. The predicted octanol–water partition coefficient (Wildman–Crippen LogP) is 4.71. The number of anilines is 1. The van der Waals surface area contributed by atoms with Crippen molar-refractivity contribution in [2.45, 2.75) is 39.7 Å². The van der Waals surface area contributed by atoms with Crippen LogP contribution in [-0.2, 0) is 4.74 Å². The molecule has 2 aromatic rings. The lowest BCUT2D eigenvalue weighted by Gasteiger charge is -2.31. The van der Waals surface area contributed by atoms with E-state index in [1.54, 1.807) is 17.0 Å². The van der Waals surface area contributed by atoms with Gasteiger partial charge in [0.15, 0.2) is 5.78 Å². The van der Waals surface area contributed by atoms with Crippen molar-refractivity contribution < 1.29 is 19.1 Å². The number of Topliss-reactive ketones (excluding diaryl/α,β-unsaturated/α-hetero) is 1. The summed E-state index contributed by atoms with van der Waals surface area (Å²) in [4.78, 5) is 41.4. The Balaban J connectivity index is 1.37. The minimum absolute atomic E-state index is 0.00542. The van der Waals surface area contributed by atoms with Crippen LogP contribution < -0.4 is 4.90 Å². The summed E-state index contributed by atoms with van der Waals surface area (Å²) >= 11 is 0. The number of hydrogen-bond donors (Lipinski definition) is 0. The lowest BCUT2D eigenvalue weighted by atomic mass is 9.88. The second-order valence-corrected chi connectivity index (χ2v) is 9.10. The molecule has 2 aliphatic rings. The summed E-state index contributed by atoms with van der Waals surface area (Å²) in [6.45, 7) is 7.64. The zero-order valence-corrected chi connectivity index (χ0v) is 18.9. The summed E-state index contributed by atoms with van der Waals surface area (Å²) in [6.07, 6.45) is 1.00. The molecule has 2 amide bonds. The van der Waals surface area contributed by atoms with E-state index < -0.39 is 0 Å². The third kappa shape index (κ3) is 4.40. The molecule has 0 aliphatic carbocycles. The first-order chi connectivity index (χ1) is 15.3. The Morgan fingerprint density at radius 2 is 1.53 bits per heavy atom. The molecule has 0 unspecified atom stereocenters. The Kier molecular flexibility index (Phi) is 6.31. The second kappa shape index (κ2) is 9.15. The van der Waals surface area contributed by atoms with Gasteiger partial charge in [-0.05, 0) is 49.9 Å². The van der Waals surface area contributed by atoms with Crippen molar-refractivity contribution >= 4 is 23.5 Å². The number of piperidine rings is 1. The number of nitrogens with zero attached hydrogens (tertiary/aromatic N) is 2. The van der Waals surface area contributed by atoms with E-state index in [-0.39, 0.29) is 35.7 Å². The van der Waals surface area contributed by atoms with Crippen molar-refractivity contribution in [1.29, 1.82) is 0 Å². The fraction of sp³-hybridized carbons (Fsp3) is 0.423. The third-order valence-electron chi connectivity index (χ3n) is 6.56. The van der Waals surface area contributed by atoms with Gasteiger partial charge in [0.05, 0.1) is 6.04 Å². The average Bonchev–Trinajstić information content (AvgIpc) is 3.20. The van der Waals surface area contributed by atoms with Gasteiger partial charge in [-0.1, -0.05) is 43.7 Å². The molecule has 0 saturated carbocycles. The molecule has 0 radical (unpaired) electrons. The van der Waals surface area contributed by atoms with E-state index in [9.17, 15) is 14.4 Å². The van der Waals surface area contributed by atoms with Gasteiger partial charge in [0, 0.05) is 35.8 Å². The van der Waals surface area contributed by atoms with E-state index in [4.69, 9.17) is 4.74 Å². The monoisotopic (exact) mass is 434 g/mol. The number of cyclic esters (lactones) is 1. The molecule has 6 nitrogen and oxygen atoms in total. The highest BCUT2D eigenvalue weighted by Crippen LogP contribution is 2.28. The fourth-order valence-corrected chi connectivity index (χ4v) is 4.47. The lowest BCUT2D eigenvalue weighted by molar-refractivity contribution is 0.0650. The van der Waals surface area contributed by atoms with Gasteiger partial charge in [-0.25, -0.2) is 4.79 Å². The molecule has 2 saturated heterocycles. The summed E-state index contributed by atoms with van der Waals surface area (Å²) in [5.41, 5.74) is 3.21. The maximum Gasteiger partial charge on any atom is 0.414 e. The SMILES string of the molecule is Cc1ccc(C(=O)C2CCN(C(=O)c3ccc(N4C(=O)OC[C@H]4C(C)C)cc3)CC2)cc1. The fourth-order valence-electron chi connectivity index (χ4n) is 4.47. The van der Waals surface area contributed by atoms with Gasteiger partial charge in [-0.3, -0.25) is 14.5 Å². The third-order valence-corrected chi connectivity index (χ3v) is 6.56.